The van der Waals surface area contributed by atoms with Gasteiger partial charge in [0.15, 0.2) is 0 Å². The van der Waals surface area contributed by atoms with Gasteiger partial charge in [-0.1, -0.05) is 18.2 Å². The van der Waals surface area contributed by atoms with Crippen molar-refractivity contribution in [3.8, 4) is 28.4 Å². The molecule has 3 aromatic rings. The maximum Gasteiger partial charge on any atom is 0.257 e. The van der Waals surface area contributed by atoms with Crippen LogP contribution in [-0.4, -0.2) is 47.9 Å². The predicted octanol–water partition coefficient (Wildman–Crippen LogP) is 3.79. The van der Waals surface area contributed by atoms with E-state index in [0.29, 0.717) is 22.8 Å². The summed E-state index contributed by atoms with van der Waals surface area (Å²) in [5, 5.41) is 4.76. The summed E-state index contributed by atoms with van der Waals surface area (Å²) in [6, 6.07) is 15.3. The van der Waals surface area contributed by atoms with Crippen LogP contribution in [0.15, 0.2) is 54.7 Å². The Morgan fingerprint density at radius 3 is 2.43 bits per heavy atom. The van der Waals surface area contributed by atoms with Crippen LogP contribution in [0.5, 0.6) is 11.5 Å². The second-order valence-electron chi connectivity index (χ2n) is 6.74. The molecule has 1 amide bonds. The number of aromatic nitrogens is 2. The van der Waals surface area contributed by atoms with Crippen molar-refractivity contribution in [3.63, 3.8) is 0 Å². The standard InChI is InChI=1S/C22H23N3O3/c1-27-17-10-11-18(20(14-17)28-2)21-19(22(26)24-12-6-7-13-24)15-25(23-21)16-8-4-3-5-9-16/h3-5,8-11,14-15H,6-7,12-13H2,1-2H3. The molecule has 1 aromatic heterocycles. The van der Waals surface area contributed by atoms with Crippen LogP contribution in [0.1, 0.15) is 23.2 Å². The molecule has 0 atom stereocenters. The zero-order valence-electron chi connectivity index (χ0n) is 16.1. The Morgan fingerprint density at radius 2 is 1.75 bits per heavy atom. The molecule has 1 saturated heterocycles. The van der Waals surface area contributed by atoms with E-state index in [9.17, 15) is 4.79 Å². The summed E-state index contributed by atoms with van der Waals surface area (Å²) in [7, 11) is 3.22. The maximum atomic E-state index is 13.2. The lowest BCUT2D eigenvalue weighted by molar-refractivity contribution is 0.0793. The van der Waals surface area contributed by atoms with Gasteiger partial charge in [0.2, 0.25) is 0 Å². The number of carbonyl (C=O) groups is 1. The maximum absolute atomic E-state index is 13.2. The van der Waals surface area contributed by atoms with Crippen LogP contribution in [-0.2, 0) is 0 Å². The summed E-state index contributed by atoms with van der Waals surface area (Å²) in [6.45, 7) is 1.57. The van der Waals surface area contributed by atoms with Crippen LogP contribution < -0.4 is 9.47 Å². The molecule has 1 fully saturated rings. The second kappa shape index (κ2) is 7.76. The third-order valence-corrected chi connectivity index (χ3v) is 5.02. The Morgan fingerprint density at radius 1 is 1.00 bits per heavy atom. The number of likely N-dealkylation sites (tertiary alicyclic amines) is 1. The van der Waals surface area contributed by atoms with Crippen molar-refractivity contribution < 1.29 is 14.3 Å². The number of ether oxygens (including phenoxy) is 2. The number of benzene rings is 2. The normalized spacial score (nSPS) is 13.6. The molecule has 6 nitrogen and oxygen atoms in total. The summed E-state index contributed by atoms with van der Waals surface area (Å²) in [4.78, 5) is 15.1. The van der Waals surface area contributed by atoms with Gasteiger partial charge in [0, 0.05) is 30.9 Å². The van der Waals surface area contributed by atoms with Crippen molar-refractivity contribution in [2.75, 3.05) is 27.3 Å². The highest BCUT2D eigenvalue weighted by Gasteiger charge is 2.26. The van der Waals surface area contributed by atoms with E-state index in [0.717, 1.165) is 37.2 Å². The highest BCUT2D eigenvalue weighted by atomic mass is 16.5. The third-order valence-electron chi connectivity index (χ3n) is 5.02. The van der Waals surface area contributed by atoms with Gasteiger partial charge < -0.3 is 14.4 Å². The van der Waals surface area contributed by atoms with Gasteiger partial charge in [0.1, 0.15) is 17.2 Å². The molecular weight excluding hydrogens is 354 g/mol. The number of rotatable bonds is 5. The van der Waals surface area contributed by atoms with Gasteiger partial charge in [0.05, 0.1) is 25.5 Å². The van der Waals surface area contributed by atoms with E-state index >= 15 is 0 Å². The fraction of sp³-hybridized carbons (Fsp3) is 0.273. The molecule has 2 heterocycles. The lowest BCUT2D eigenvalue weighted by Gasteiger charge is -2.15. The topological polar surface area (TPSA) is 56.6 Å². The quantitative estimate of drug-likeness (QED) is 0.679. The van der Waals surface area contributed by atoms with Crippen LogP contribution in [0.3, 0.4) is 0 Å². The van der Waals surface area contributed by atoms with Gasteiger partial charge in [-0.2, -0.15) is 5.10 Å². The van der Waals surface area contributed by atoms with Crippen LogP contribution in [0.4, 0.5) is 0 Å². The van der Waals surface area contributed by atoms with E-state index in [1.165, 1.54) is 0 Å². The SMILES string of the molecule is COc1ccc(-c2nn(-c3ccccc3)cc2C(=O)N2CCCC2)c(OC)c1. The first-order valence-corrected chi connectivity index (χ1v) is 9.38. The van der Waals surface area contributed by atoms with E-state index in [1.54, 1.807) is 25.0 Å². The number of hydrogen-bond acceptors (Lipinski definition) is 4. The average Bonchev–Trinajstić information content (AvgIpc) is 3.44. The second-order valence-corrected chi connectivity index (χ2v) is 6.74. The molecule has 2 aromatic carbocycles. The van der Waals surface area contributed by atoms with E-state index < -0.39 is 0 Å². The Kier molecular flexibility index (Phi) is 5.02. The summed E-state index contributed by atoms with van der Waals surface area (Å²) >= 11 is 0. The van der Waals surface area contributed by atoms with Crippen molar-refractivity contribution >= 4 is 5.91 Å². The minimum absolute atomic E-state index is 0.00699. The van der Waals surface area contributed by atoms with Gasteiger partial charge in [0.25, 0.3) is 5.91 Å². The molecule has 0 unspecified atom stereocenters. The van der Waals surface area contributed by atoms with Gasteiger partial charge in [-0.3, -0.25) is 4.79 Å². The lowest BCUT2D eigenvalue weighted by Crippen LogP contribution is -2.27. The van der Waals surface area contributed by atoms with E-state index in [4.69, 9.17) is 14.6 Å². The molecule has 6 heteroatoms. The molecule has 0 N–H and O–H groups in total. The van der Waals surface area contributed by atoms with Crippen molar-refractivity contribution in [2.45, 2.75) is 12.8 Å². The minimum Gasteiger partial charge on any atom is -0.497 e. The van der Waals surface area contributed by atoms with Crippen molar-refractivity contribution in [2.24, 2.45) is 0 Å². The fourth-order valence-corrected chi connectivity index (χ4v) is 3.53. The van der Waals surface area contributed by atoms with Gasteiger partial charge in [-0.05, 0) is 37.1 Å². The molecule has 0 aliphatic carbocycles. The molecule has 0 spiro atoms. The monoisotopic (exact) mass is 377 g/mol. The fourth-order valence-electron chi connectivity index (χ4n) is 3.53. The molecule has 1 aliphatic heterocycles. The summed E-state index contributed by atoms with van der Waals surface area (Å²) in [5.41, 5.74) is 2.85. The smallest absolute Gasteiger partial charge is 0.257 e. The van der Waals surface area contributed by atoms with Crippen molar-refractivity contribution in [3.05, 3.63) is 60.3 Å². The van der Waals surface area contributed by atoms with Crippen molar-refractivity contribution in [1.82, 2.24) is 14.7 Å². The van der Waals surface area contributed by atoms with Crippen LogP contribution in [0.2, 0.25) is 0 Å². The molecule has 4 rings (SSSR count). The zero-order chi connectivity index (χ0) is 19.5. The number of hydrogen-bond donors (Lipinski definition) is 0. The number of carbonyl (C=O) groups excluding carboxylic acids is 1. The summed E-state index contributed by atoms with van der Waals surface area (Å²) in [6.07, 6.45) is 3.90. The zero-order valence-corrected chi connectivity index (χ0v) is 16.1. The largest absolute Gasteiger partial charge is 0.497 e. The summed E-state index contributed by atoms with van der Waals surface area (Å²) < 4.78 is 12.6. The molecule has 0 radical (unpaired) electrons. The first-order chi connectivity index (χ1) is 13.7. The van der Waals surface area contributed by atoms with E-state index in [1.807, 2.05) is 53.6 Å². The first kappa shape index (κ1) is 18.1. The van der Waals surface area contributed by atoms with Crippen LogP contribution >= 0.6 is 0 Å². The average molecular weight is 377 g/mol. The number of nitrogens with zero attached hydrogens (tertiary/aromatic N) is 3. The molecule has 0 saturated carbocycles. The van der Waals surface area contributed by atoms with E-state index in [2.05, 4.69) is 0 Å². The molecule has 28 heavy (non-hydrogen) atoms. The van der Waals surface area contributed by atoms with Gasteiger partial charge in [-0.15, -0.1) is 0 Å². The third kappa shape index (κ3) is 3.33. The van der Waals surface area contributed by atoms with E-state index in [-0.39, 0.29) is 5.91 Å². The highest BCUT2D eigenvalue weighted by molar-refractivity contribution is 6.00. The van der Waals surface area contributed by atoms with Crippen LogP contribution in [0, 0.1) is 0 Å². The lowest BCUT2D eigenvalue weighted by atomic mass is 10.1. The molecule has 0 bridgehead atoms. The molecular formula is C22H23N3O3. The van der Waals surface area contributed by atoms with Gasteiger partial charge in [-0.25, -0.2) is 4.68 Å². The van der Waals surface area contributed by atoms with Gasteiger partial charge >= 0.3 is 0 Å². The minimum atomic E-state index is 0.00699. The molecule has 1 aliphatic rings. The Balaban J connectivity index is 1.85. The van der Waals surface area contributed by atoms with Crippen molar-refractivity contribution in [1.29, 1.82) is 0 Å². The Bertz CT molecular complexity index is 976. The Labute approximate surface area is 164 Å². The van der Waals surface area contributed by atoms with Crippen LogP contribution in [0.25, 0.3) is 16.9 Å². The first-order valence-electron chi connectivity index (χ1n) is 9.38. The number of methoxy groups -OCH3 is 2. The number of para-hydroxylation sites is 1. The summed E-state index contributed by atoms with van der Waals surface area (Å²) in [5.74, 6) is 1.32. The molecule has 144 valence electrons. The number of amides is 1. The predicted molar refractivity (Wildman–Crippen MR) is 107 cm³/mol. The Hall–Kier alpha value is -3.28. The highest BCUT2D eigenvalue weighted by Crippen LogP contribution is 2.35.